The molecule has 0 amide bonds. The van der Waals surface area contributed by atoms with Crippen molar-refractivity contribution in [3.63, 3.8) is 0 Å². The second kappa shape index (κ2) is 5.84. The van der Waals surface area contributed by atoms with Gasteiger partial charge in [-0.15, -0.1) is 0 Å². The fraction of sp³-hybridized carbons (Fsp3) is 0.0588. The van der Waals surface area contributed by atoms with Crippen LogP contribution in [0.4, 0.5) is 5.69 Å². The summed E-state index contributed by atoms with van der Waals surface area (Å²) in [6.45, 7) is 1.79. The molecule has 1 aromatic carbocycles. The van der Waals surface area contributed by atoms with Gasteiger partial charge in [0.05, 0.1) is 17.6 Å². The highest BCUT2D eigenvalue weighted by Crippen LogP contribution is 2.23. The first-order chi connectivity index (χ1) is 11.1. The summed E-state index contributed by atoms with van der Waals surface area (Å²) in [6.07, 6.45) is 5.14. The second-order valence-corrected chi connectivity index (χ2v) is 5.22. The largest absolute Gasteiger partial charge is 0.403 e. The zero-order valence-corrected chi connectivity index (χ0v) is 12.8. The molecule has 3 rings (SSSR count). The molecule has 0 spiro atoms. The van der Waals surface area contributed by atoms with Crippen LogP contribution < -0.4 is 17.2 Å². The molecule has 0 saturated carbocycles. The van der Waals surface area contributed by atoms with Crippen molar-refractivity contribution in [1.82, 2.24) is 9.38 Å². The Morgan fingerprint density at radius 3 is 2.83 bits per heavy atom. The number of allylic oxidation sites excluding steroid dienone is 1. The topological polar surface area (TPSA) is 108 Å². The molecule has 0 atom stereocenters. The number of amidine groups is 1. The molecule has 0 saturated heterocycles. The van der Waals surface area contributed by atoms with Gasteiger partial charge in [-0.25, -0.2) is 9.98 Å². The number of nitrogens with two attached hydrogens (primary N) is 3. The van der Waals surface area contributed by atoms with Crippen LogP contribution in [0, 0.1) is 0 Å². The van der Waals surface area contributed by atoms with E-state index < -0.39 is 0 Å². The first kappa shape index (κ1) is 14.6. The van der Waals surface area contributed by atoms with Crippen molar-refractivity contribution in [2.45, 2.75) is 6.92 Å². The molecule has 0 aliphatic carbocycles. The summed E-state index contributed by atoms with van der Waals surface area (Å²) in [5.41, 5.74) is 22.2. The lowest BCUT2D eigenvalue weighted by Crippen LogP contribution is -2.14. The summed E-state index contributed by atoms with van der Waals surface area (Å²) in [5.74, 6) is 0.403. The Labute approximate surface area is 134 Å². The third-order valence-electron chi connectivity index (χ3n) is 3.53. The Kier molecular flexibility index (Phi) is 3.72. The Balaban J connectivity index is 2.06. The fourth-order valence-electron chi connectivity index (χ4n) is 2.34. The maximum Gasteiger partial charge on any atom is 0.137 e. The number of nitrogens with zero attached hydrogens (tertiary/aromatic N) is 3. The zero-order chi connectivity index (χ0) is 16.4. The fourth-order valence-corrected chi connectivity index (χ4v) is 2.34. The van der Waals surface area contributed by atoms with E-state index in [1.807, 2.05) is 53.2 Å². The van der Waals surface area contributed by atoms with E-state index in [4.69, 9.17) is 17.2 Å². The van der Waals surface area contributed by atoms with Gasteiger partial charge in [-0.3, -0.25) is 4.40 Å². The van der Waals surface area contributed by atoms with Crippen LogP contribution in [-0.4, -0.2) is 15.2 Å². The highest BCUT2D eigenvalue weighted by molar-refractivity contribution is 5.98. The van der Waals surface area contributed by atoms with Crippen LogP contribution in [-0.2, 0) is 0 Å². The zero-order valence-electron chi connectivity index (χ0n) is 12.8. The molecular weight excluding hydrogens is 288 g/mol. The van der Waals surface area contributed by atoms with E-state index >= 15 is 0 Å². The highest BCUT2D eigenvalue weighted by Gasteiger charge is 2.08. The molecule has 23 heavy (non-hydrogen) atoms. The minimum atomic E-state index is 0.403. The smallest absolute Gasteiger partial charge is 0.137 e. The van der Waals surface area contributed by atoms with E-state index in [1.165, 1.54) is 6.20 Å². The molecule has 2 heterocycles. The summed E-state index contributed by atoms with van der Waals surface area (Å²) >= 11 is 0. The number of anilines is 1. The molecule has 0 radical (unpaired) electrons. The standard InChI is InChI=1S/C17H18N6/c1-11(9-18)22-17(20)13-5-6-23-15(10-21-16(23)8-13)12-3-2-4-14(19)7-12/h2-10H,18-19H2,1H3,(H2,20,22)/b11-9-. The van der Waals surface area contributed by atoms with E-state index in [0.717, 1.165) is 28.2 Å². The molecule has 0 fully saturated rings. The summed E-state index contributed by atoms with van der Waals surface area (Å²) in [5, 5.41) is 0. The normalized spacial score (nSPS) is 12.7. The van der Waals surface area contributed by atoms with Gasteiger partial charge >= 0.3 is 0 Å². The average molecular weight is 306 g/mol. The van der Waals surface area contributed by atoms with E-state index in [-0.39, 0.29) is 0 Å². The number of aliphatic imine (C=N–C) groups is 1. The quantitative estimate of drug-likeness (QED) is 0.391. The van der Waals surface area contributed by atoms with Crippen LogP contribution in [0.15, 0.2) is 65.7 Å². The van der Waals surface area contributed by atoms with Crippen LogP contribution >= 0.6 is 0 Å². The molecule has 6 N–H and O–H groups in total. The second-order valence-electron chi connectivity index (χ2n) is 5.22. The number of rotatable bonds is 3. The number of aromatic nitrogens is 2. The van der Waals surface area contributed by atoms with Crippen molar-refractivity contribution in [2.75, 3.05) is 5.73 Å². The third-order valence-corrected chi connectivity index (χ3v) is 3.53. The molecule has 0 aliphatic heterocycles. The minimum absolute atomic E-state index is 0.403. The van der Waals surface area contributed by atoms with Crippen LogP contribution in [0.25, 0.3) is 16.9 Å². The summed E-state index contributed by atoms with van der Waals surface area (Å²) in [6, 6.07) is 11.5. The molecule has 0 aliphatic rings. The summed E-state index contributed by atoms with van der Waals surface area (Å²) in [7, 11) is 0. The van der Waals surface area contributed by atoms with Gasteiger partial charge in [0.15, 0.2) is 0 Å². The highest BCUT2D eigenvalue weighted by atomic mass is 15.0. The molecule has 6 heteroatoms. The van der Waals surface area contributed by atoms with Crippen molar-refractivity contribution in [3.8, 4) is 11.3 Å². The van der Waals surface area contributed by atoms with Crippen LogP contribution in [0.2, 0.25) is 0 Å². The molecule has 3 aromatic rings. The monoisotopic (exact) mass is 306 g/mol. The Hall–Kier alpha value is -3.28. The number of hydrogen-bond donors (Lipinski definition) is 3. The summed E-state index contributed by atoms with van der Waals surface area (Å²) in [4.78, 5) is 8.67. The first-order valence-corrected chi connectivity index (χ1v) is 7.14. The van der Waals surface area contributed by atoms with Gasteiger partial charge in [0.2, 0.25) is 0 Å². The third kappa shape index (κ3) is 2.87. The SMILES string of the molecule is C/C(=C/N)N=C(N)c1ccn2c(-c3cccc(N)c3)cnc2c1. The van der Waals surface area contributed by atoms with Gasteiger partial charge in [0.1, 0.15) is 11.5 Å². The van der Waals surface area contributed by atoms with Crippen LogP contribution in [0.1, 0.15) is 12.5 Å². The van der Waals surface area contributed by atoms with Crippen LogP contribution in [0.3, 0.4) is 0 Å². The minimum Gasteiger partial charge on any atom is -0.403 e. The van der Waals surface area contributed by atoms with Gasteiger partial charge in [0.25, 0.3) is 0 Å². The number of pyridine rings is 1. The van der Waals surface area contributed by atoms with Crippen molar-refractivity contribution >= 4 is 17.2 Å². The number of benzene rings is 1. The van der Waals surface area contributed by atoms with Crippen molar-refractivity contribution < 1.29 is 0 Å². The van der Waals surface area contributed by atoms with Crippen molar-refractivity contribution in [3.05, 3.63) is 66.3 Å². The lowest BCUT2D eigenvalue weighted by atomic mass is 10.1. The molecule has 116 valence electrons. The molecule has 2 aromatic heterocycles. The first-order valence-electron chi connectivity index (χ1n) is 7.14. The van der Waals surface area contributed by atoms with E-state index in [0.29, 0.717) is 11.5 Å². The Bertz CT molecular complexity index is 920. The van der Waals surface area contributed by atoms with Crippen LogP contribution in [0.5, 0.6) is 0 Å². The Morgan fingerprint density at radius 2 is 2.09 bits per heavy atom. The maximum absolute atomic E-state index is 6.00. The van der Waals surface area contributed by atoms with Gasteiger partial charge in [0, 0.05) is 29.2 Å². The Morgan fingerprint density at radius 1 is 1.26 bits per heavy atom. The lowest BCUT2D eigenvalue weighted by molar-refractivity contribution is 1.18. The van der Waals surface area contributed by atoms with Crippen molar-refractivity contribution in [2.24, 2.45) is 16.5 Å². The van der Waals surface area contributed by atoms with E-state index in [9.17, 15) is 0 Å². The maximum atomic E-state index is 6.00. The number of nitrogen functional groups attached to an aromatic ring is 1. The predicted octanol–water partition coefficient (Wildman–Crippen LogP) is 2.11. The molecule has 6 nitrogen and oxygen atoms in total. The lowest BCUT2D eigenvalue weighted by Gasteiger charge is -2.05. The number of imidazole rings is 1. The van der Waals surface area contributed by atoms with Gasteiger partial charge in [-0.05, 0) is 31.2 Å². The van der Waals surface area contributed by atoms with E-state index in [2.05, 4.69) is 9.98 Å². The average Bonchev–Trinajstić information content (AvgIpc) is 2.97. The molecule has 0 unspecified atom stereocenters. The molecule has 0 bridgehead atoms. The van der Waals surface area contributed by atoms with Gasteiger partial charge in [-0.2, -0.15) is 0 Å². The summed E-state index contributed by atoms with van der Waals surface area (Å²) < 4.78 is 1.98. The van der Waals surface area contributed by atoms with Gasteiger partial charge in [-0.1, -0.05) is 12.1 Å². The molecular formula is C17H18N6. The number of hydrogen-bond acceptors (Lipinski definition) is 4. The predicted molar refractivity (Wildman–Crippen MR) is 93.7 cm³/mol. The van der Waals surface area contributed by atoms with E-state index in [1.54, 1.807) is 6.92 Å². The number of fused-ring (bicyclic) bond motifs is 1. The van der Waals surface area contributed by atoms with Gasteiger partial charge < -0.3 is 17.2 Å². The van der Waals surface area contributed by atoms with Crippen molar-refractivity contribution in [1.29, 1.82) is 0 Å².